The number of benzene rings is 1. The van der Waals surface area contributed by atoms with E-state index < -0.39 is 24.5 Å². The molecule has 134 valence electrons. The first-order chi connectivity index (χ1) is 11.7. The fourth-order valence-corrected chi connectivity index (χ4v) is 2.18. The zero-order valence-electron chi connectivity index (χ0n) is 13.5. The van der Waals surface area contributed by atoms with Crippen LogP contribution in [0.4, 0.5) is 18.9 Å². The molecule has 0 unspecified atom stereocenters. The van der Waals surface area contributed by atoms with Crippen LogP contribution in [-0.2, 0) is 11.2 Å². The molecule has 2 rings (SSSR count). The zero-order valence-corrected chi connectivity index (χ0v) is 13.5. The molecular weight excluding hydrogens is 339 g/mol. The number of carbonyl (C=O) groups is 2. The number of carbonyl (C=O) groups excluding carboxylic acids is 2. The molecule has 2 amide bonds. The lowest BCUT2D eigenvalue weighted by Gasteiger charge is -2.12. The summed E-state index contributed by atoms with van der Waals surface area (Å²) in [5.41, 5.74) is 1.26. The molecular formula is C16H16F3N3O3. The summed E-state index contributed by atoms with van der Waals surface area (Å²) in [5, 5.41) is 8.05. The second-order valence-corrected chi connectivity index (χ2v) is 5.37. The van der Waals surface area contributed by atoms with Crippen molar-refractivity contribution in [1.82, 2.24) is 10.5 Å². The predicted molar refractivity (Wildman–Crippen MR) is 83.1 cm³/mol. The summed E-state index contributed by atoms with van der Waals surface area (Å²) in [6, 6.07) is 5.82. The number of amides is 2. The molecule has 0 atom stereocenters. The lowest BCUT2D eigenvalue weighted by atomic mass is 10.1. The second-order valence-electron chi connectivity index (χ2n) is 5.37. The smallest absolute Gasteiger partial charge is 0.361 e. The van der Waals surface area contributed by atoms with Crippen molar-refractivity contribution in [2.75, 3.05) is 11.9 Å². The third kappa shape index (κ3) is 5.07. The summed E-state index contributed by atoms with van der Waals surface area (Å²) in [5.74, 6) is -0.861. The van der Waals surface area contributed by atoms with Crippen molar-refractivity contribution in [2.24, 2.45) is 0 Å². The molecule has 1 heterocycles. The molecule has 1 aromatic carbocycles. The monoisotopic (exact) mass is 355 g/mol. The largest absolute Gasteiger partial charge is 0.405 e. The highest BCUT2D eigenvalue weighted by atomic mass is 19.4. The molecule has 0 saturated carbocycles. The van der Waals surface area contributed by atoms with E-state index in [1.54, 1.807) is 25.2 Å². The zero-order chi connectivity index (χ0) is 18.6. The summed E-state index contributed by atoms with van der Waals surface area (Å²) >= 11 is 0. The van der Waals surface area contributed by atoms with E-state index in [2.05, 4.69) is 10.5 Å². The maximum absolute atomic E-state index is 12.2. The Morgan fingerprint density at radius 1 is 1.20 bits per heavy atom. The molecule has 0 saturated heterocycles. The van der Waals surface area contributed by atoms with Gasteiger partial charge in [0.25, 0.3) is 5.91 Å². The van der Waals surface area contributed by atoms with Gasteiger partial charge in [-0.3, -0.25) is 9.59 Å². The number of halogens is 3. The molecule has 1 aromatic heterocycles. The SMILES string of the molecule is Cc1noc(C)c1CC(=O)Nc1ccccc1C(=O)NCC(F)(F)F. The number of aryl methyl sites for hydroxylation is 2. The Kier molecular flexibility index (Phi) is 5.45. The van der Waals surface area contributed by atoms with E-state index in [1.807, 2.05) is 0 Å². The van der Waals surface area contributed by atoms with E-state index in [-0.39, 0.29) is 17.7 Å². The minimum absolute atomic E-state index is 0.0281. The highest BCUT2D eigenvalue weighted by Crippen LogP contribution is 2.18. The van der Waals surface area contributed by atoms with Crippen molar-refractivity contribution in [1.29, 1.82) is 0 Å². The summed E-state index contributed by atoms with van der Waals surface area (Å²) in [6.45, 7) is 1.91. The van der Waals surface area contributed by atoms with Gasteiger partial charge < -0.3 is 15.2 Å². The normalized spacial score (nSPS) is 11.2. The second kappa shape index (κ2) is 7.37. The summed E-state index contributed by atoms with van der Waals surface area (Å²) in [4.78, 5) is 24.1. The number of anilines is 1. The Morgan fingerprint density at radius 2 is 1.88 bits per heavy atom. The first kappa shape index (κ1) is 18.5. The standard InChI is InChI=1S/C16H16F3N3O3/c1-9-12(10(2)25-22-9)7-14(23)21-13-6-4-3-5-11(13)15(24)20-8-16(17,18)19/h3-6H,7-8H2,1-2H3,(H,20,24)(H,21,23). The molecule has 0 spiro atoms. The number of hydrogen-bond acceptors (Lipinski definition) is 4. The molecule has 2 N–H and O–H groups in total. The third-order valence-corrected chi connectivity index (χ3v) is 3.41. The fourth-order valence-electron chi connectivity index (χ4n) is 2.18. The molecule has 0 radical (unpaired) electrons. The minimum atomic E-state index is -4.52. The first-order valence-corrected chi connectivity index (χ1v) is 7.33. The van der Waals surface area contributed by atoms with Gasteiger partial charge in [-0.05, 0) is 26.0 Å². The average molecular weight is 355 g/mol. The van der Waals surface area contributed by atoms with Crippen LogP contribution in [0.15, 0.2) is 28.8 Å². The van der Waals surface area contributed by atoms with E-state index >= 15 is 0 Å². The van der Waals surface area contributed by atoms with Crippen LogP contribution in [0.5, 0.6) is 0 Å². The molecule has 2 aromatic rings. The van der Waals surface area contributed by atoms with Gasteiger partial charge in [0, 0.05) is 5.56 Å². The average Bonchev–Trinajstić information content (AvgIpc) is 2.84. The summed E-state index contributed by atoms with van der Waals surface area (Å²) in [6.07, 6.45) is -4.54. The molecule has 25 heavy (non-hydrogen) atoms. The number of hydrogen-bond donors (Lipinski definition) is 2. The van der Waals surface area contributed by atoms with Gasteiger partial charge in [0.05, 0.1) is 23.4 Å². The number of alkyl halides is 3. The number of aromatic nitrogens is 1. The third-order valence-electron chi connectivity index (χ3n) is 3.41. The van der Waals surface area contributed by atoms with Crippen molar-refractivity contribution in [3.8, 4) is 0 Å². The number of nitrogens with one attached hydrogen (secondary N) is 2. The molecule has 6 nitrogen and oxygen atoms in total. The minimum Gasteiger partial charge on any atom is -0.361 e. The van der Waals surface area contributed by atoms with Gasteiger partial charge in [-0.1, -0.05) is 17.3 Å². The Morgan fingerprint density at radius 3 is 2.48 bits per heavy atom. The Labute approximate surface area is 141 Å². The molecule has 9 heteroatoms. The van der Waals surface area contributed by atoms with Crippen LogP contribution < -0.4 is 10.6 Å². The van der Waals surface area contributed by atoms with Crippen molar-refractivity contribution in [2.45, 2.75) is 26.4 Å². The van der Waals surface area contributed by atoms with Crippen LogP contribution in [0.1, 0.15) is 27.4 Å². The molecule has 0 bridgehead atoms. The van der Waals surface area contributed by atoms with Gasteiger partial charge >= 0.3 is 6.18 Å². The molecule has 0 aliphatic heterocycles. The van der Waals surface area contributed by atoms with Crippen molar-refractivity contribution >= 4 is 17.5 Å². The van der Waals surface area contributed by atoms with Gasteiger partial charge in [0.1, 0.15) is 12.3 Å². The summed E-state index contributed by atoms with van der Waals surface area (Å²) in [7, 11) is 0. The van der Waals surface area contributed by atoms with Crippen LogP contribution in [0.25, 0.3) is 0 Å². The predicted octanol–water partition coefficient (Wildman–Crippen LogP) is 2.76. The molecule has 0 aliphatic carbocycles. The summed E-state index contributed by atoms with van der Waals surface area (Å²) < 4.78 is 41.7. The highest BCUT2D eigenvalue weighted by Gasteiger charge is 2.28. The van der Waals surface area contributed by atoms with Crippen molar-refractivity contribution in [3.05, 3.63) is 46.8 Å². The van der Waals surface area contributed by atoms with Crippen molar-refractivity contribution < 1.29 is 27.3 Å². The van der Waals surface area contributed by atoms with Crippen LogP contribution in [0.2, 0.25) is 0 Å². The maximum atomic E-state index is 12.2. The number of para-hydroxylation sites is 1. The van der Waals surface area contributed by atoms with Crippen molar-refractivity contribution in [3.63, 3.8) is 0 Å². The van der Waals surface area contributed by atoms with Crippen LogP contribution in [0, 0.1) is 13.8 Å². The fraction of sp³-hybridized carbons (Fsp3) is 0.312. The Hall–Kier alpha value is -2.84. The van der Waals surface area contributed by atoms with Gasteiger partial charge in [-0.25, -0.2) is 0 Å². The topological polar surface area (TPSA) is 84.2 Å². The maximum Gasteiger partial charge on any atom is 0.405 e. The van der Waals surface area contributed by atoms with E-state index in [4.69, 9.17) is 4.52 Å². The van der Waals surface area contributed by atoms with Crippen LogP contribution >= 0.6 is 0 Å². The van der Waals surface area contributed by atoms with Gasteiger partial charge in [-0.2, -0.15) is 13.2 Å². The number of rotatable bonds is 5. The molecule has 0 fully saturated rings. The first-order valence-electron chi connectivity index (χ1n) is 7.33. The van der Waals surface area contributed by atoms with E-state index in [0.29, 0.717) is 17.0 Å². The number of nitrogens with zero attached hydrogens (tertiary/aromatic N) is 1. The quantitative estimate of drug-likeness (QED) is 0.864. The lowest BCUT2D eigenvalue weighted by Crippen LogP contribution is -2.34. The van der Waals surface area contributed by atoms with E-state index in [0.717, 1.165) is 0 Å². The highest BCUT2D eigenvalue weighted by molar-refractivity contribution is 6.04. The Balaban J connectivity index is 2.10. The van der Waals surface area contributed by atoms with Crippen LogP contribution in [0.3, 0.4) is 0 Å². The van der Waals surface area contributed by atoms with E-state index in [9.17, 15) is 22.8 Å². The van der Waals surface area contributed by atoms with E-state index in [1.165, 1.54) is 18.2 Å². The van der Waals surface area contributed by atoms with Crippen LogP contribution in [-0.4, -0.2) is 29.7 Å². The molecule has 0 aliphatic rings. The van der Waals surface area contributed by atoms with Gasteiger partial charge in [-0.15, -0.1) is 0 Å². The lowest BCUT2D eigenvalue weighted by molar-refractivity contribution is -0.123. The van der Waals surface area contributed by atoms with Gasteiger partial charge in [0.2, 0.25) is 5.91 Å². The Bertz CT molecular complexity index is 765. The van der Waals surface area contributed by atoms with Gasteiger partial charge in [0.15, 0.2) is 0 Å².